The molecular formula is C26H22N4O3S2. The molecule has 5 aromatic rings. The highest BCUT2D eigenvalue weighted by Crippen LogP contribution is 2.42. The third kappa shape index (κ3) is 3.29. The van der Waals surface area contributed by atoms with Crippen molar-refractivity contribution in [2.75, 3.05) is 6.79 Å². The van der Waals surface area contributed by atoms with E-state index in [0.29, 0.717) is 17.4 Å². The van der Waals surface area contributed by atoms with E-state index in [9.17, 15) is 4.79 Å². The summed E-state index contributed by atoms with van der Waals surface area (Å²) in [6, 6.07) is 15.7. The number of nitrogens with zero attached hydrogens (tertiary/aromatic N) is 4. The maximum absolute atomic E-state index is 14.0. The third-order valence-electron chi connectivity index (χ3n) is 6.79. The maximum atomic E-state index is 14.0. The molecule has 176 valence electrons. The van der Waals surface area contributed by atoms with Crippen molar-refractivity contribution >= 4 is 39.1 Å². The molecule has 9 heteroatoms. The van der Waals surface area contributed by atoms with Crippen LogP contribution < -0.4 is 15.0 Å². The fourth-order valence-electron chi connectivity index (χ4n) is 5.13. The molecule has 0 amide bonds. The van der Waals surface area contributed by atoms with E-state index in [1.165, 1.54) is 10.4 Å². The Morgan fingerprint density at radius 2 is 1.97 bits per heavy atom. The lowest BCUT2D eigenvalue weighted by Gasteiger charge is -2.18. The second kappa shape index (κ2) is 8.13. The lowest BCUT2D eigenvalue weighted by Crippen LogP contribution is -2.22. The van der Waals surface area contributed by atoms with Crippen LogP contribution in [-0.2, 0) is 12.2 Å². The molecule has 1 aliphatic heterocycles. The predicted octanol–water partition coefficient (Wildman–Crippen LogP) is 5.56. The van der Waals surface area contributed by atoms with Gasteiger partial charge in [0.25, 0.3) is 5.56 Å². The summed E-state index contributed by atoms with van der Waals surface area (Å²) in [6.45, 7) is 2.50. The normalized spacial score (nSPS) is 16.8. The number of hydrogen-bond donors (Lipinski definition) is 0. The topological polar surface area (TPSA) is 70.7 Å². The van der Waals surface area contributed by atoms with Crippen LogP contribution >= 0.6 is 23.1 Å². The molecule has 7 nitrogen and oxygen atoms in total. The van der Waals surface area contributed by atoms with Gasteiger partial charge in [-0.25, -0.2) is 8.97 Å². The van der Waals surface area contributed by atoms with Gasteiger partial charge >= 0.3 is 0 Å². The summed E-state index contributed by atoms with van der Waals surface area (Å²) >= 11 is 3.34. The van der Waals surface area contributed by atoms with Crippen LogP contribution in [0, 0.1) is 0 Å². The van der Waals surface area contributed by atoms with Crippen molar-refractivity contribution in [3.05, 3.63) is 74.9 Å². The van der Waals surface area contributed by atoms with Crippen LogP contribution in [0.15, 0.2) is 58.5 Å². The molecule has 3 aromatic heterocycles. The van der Waals surface area contributed by atoms with Crippen molar-refractivity contribution in [3.63, 3.8) is 0 Å². The summed E-state index contributed by atoms with van der Waals surface area (Å²) in [6.07, 6.45) is 3.29. The minimum absolute atomic E-state index is 0.00956. The smallest absolute Gasteiger partial charge is 0.268 e. The Balaban J connectivity index is 1.42. The van der Waals surface area contributed by atoms with Crippen molar-refractivity contribution in [2.45, 2.75) is 43.0 Å². The predicted molar refractivity (Wildman–Crippen MR) is 137 cm³/mol. The third-order valence-corrected chi connectivity index (χ3v) is 9.04. The van der Waals surface area contributed by atoms with Crippen molar-refractivity contribution in [1.29, 1.82) is 0 Å². The van der Waals surface area contributed by atoms with E-state index in [-0.39, 0.29) is 12.4 Å². The molecule has 1 atom stereocenters. The van der Waals surface area contributed by atoms with E-state index < -0.39 is 0 Å². The van der Waals surface area contributed by atoms with Gasteiger partial charge in [0.15, 0.2) is 16.7 Å². The Labute approximate surface area is 209 Å². The van der Waals surface area contributed by atoms with Gasteiger partial charge in [-0.15, -0.1) is 21.5 Å². The Morgan fingerprint density at radius 3 is 2.86 bits per heavy atom. The van der Waals surface area contributed by atoms with Crippen molar-refractivity contribution < 1.29 is 9.47 Å². The summed E-state index contributed by atoms with van der Waals surface area (Å²) in [7, 11) is 0. The van der Waals surface area contributed by atoms with E-state index in [0.717, 1.165) is 57.4 Å². The number of ether oxygens (including phenoxy) is 2. The highest BCUT2D eigenvalue weighted by atomic mass is 32.2. The van der Waals surface area contributed by atoms with Gasteiger partial charge in [0.1, 0.15) is 4.83 Å². The SMILES string of the molecule is CC1CCCc2sc3c(c21)c(=O)n(-c1ccccc1)c1nnc(SCc2ccc4c(c2)OCO4)n31. The Hall–Kier alpha value is -3.30. The molecule has 1 aliphatic carbocycles. The van der Waals surface area contributed by atoms with Gasteiger partial charge in [-0.1, -0.05) is 43.0 Å². The van der Waals surface area contributed by atoms with Gasteiger partial charge in [-0.3, -0.25) is 4.79 Å². The van der Waals surface area contributed by atoms with Gasteiger partial charge in [0.2, 0.25) is 12.6 Å². The maximum Gasteiger partial charge on any atom is 0.268 e. The molecule has 4 heterocycles. The first-order valence-corrected chi connectivity index (χ1v) is 13.5. The van der Waals surface area contributed by atoms with Gasteiger partial charge < -0.3 is 9.47 Å². The summed E-state index contributed by atoms with van der Waals surface area (Å²) in [5.74, 6) is 3.16. The monoisotopic (exact) mass is 502 g/mol. The molecule has 0 fully saturated rings. The van der Waals surface area contributed by atoms with Gasteiger partial charge in [0.05, 0.1) is 11.1 Å². The van der Waals surface area contributed by atoms with Crippen molar-refractivity contribution in [1.82, 2.24) is 19.2 Å². The van der Waals surface area contributed by atoms with Crippen LogP contribution in [0.3, 0.4) is 0 Å². The molecule has 0 radical (unpaired) electrons. The molecular weight excluding hydrogens is 480 g/mol. The fourth-order valence-corrected chi connectivity index (χ4v) is 7.52. The zero-order valence-corrected chi connectivity index (χ0v) is 20.7. The van der Waals surface area contributed by atoms with Gasteiger partial charge in [-0.2, -0.15) is 0 Å². The average molecular weight is 503 g/mol. The number of aryl methyl sites for hydroxylation is 1. The number of fused-ring (bicyclic) bond motifs is 6. The highest BCUT2D eigenvalue weighted by Gasteiger charge is 2.28. The number of para-hydroxylation sites is 1. The number of thioether (sulfide) groups is 1. The second-order valence-corrected chi connectivity index (χ2v) is 11.0. The van der Waals surface area contributed by atoms with Crippen molar-refractivity contribution in [2.24, 2.45) is 0 Å². The Bertz CT molecular complexity index is 1650. The summed E-state index contributed by atoms with van der Waals surface area (Å²) in [4.78, 5) is 16.2. The summed E-state index contributed by atoms with van der Waals surface area (Å²) in [5.41, 5.74) is 3.12. The zero-order valence-electron chi connectivity index (χ0n) is 19.1. The first-order chi connectivity index (χ1) is 17.2. The zero-order chi connectivity index (χ0) is 23.5. The molecule has 1 unspecified atom stereocenters. The van der Waals surface area contributed by atoms with Crippen LogP contribution in [0.2, 0.25) is 0 Å². The second-order valence-electron chi connectivity index (χ2n) is 8.98. The van der Waals surface area contributed by atoms with E-state index in [4.69, 9.17) is 9.47 Å². The van der Waals surface area contributed by atoms with Crippen LogP contribution in [0.5, 0.6) is 11.5 Å². The van der Waals surface area contributed by atoms with Crippen LogP contribution in [0.25, 0.3) is 21.7 Å². The standard InChI is InChI=1S/C26H22N4O3S2/c1-15-6-5-9-20-21(15)22-23(31)29(17-7-3-2-4-8-17)25-27-28-26(30(25)24(22)35-20)34-13-16-10-11-18-19(12-16)33-14-32-18/h2-4,7-8,10-12,15H,5-6,9,13-14H2,1H3. The lowest BCUT2D eigenvalue weighted by molar-refractivity contribution is 0.174. The first kappa shape index (κ1) is 21.0. The van der Waals surface area contributed by atoms with Crippen molar-refractivity contribution in [3.8, 4) is 17.2 Å². The largest absolute Gasteiger partial charge is 0.454 e. The average Bonchev–Trinajstić information content (AvgIpc) is 3.60. The molecule has 0 N–H and O–H groups in total. The molecule has 2 aromatic carbocycles. The Morgan fingerprint density at radius 1 is 1.11 bits per heavy atom. The molecule has 0 bridgehead atoms. The number of aromatic nitrogens is 4. The number of thiophene rings is 1. The molecule has 7 rings (SSSR count). The van der Waals surface area contributed by atoms with Gasteiger partial charge in [-0.05, 0) is 60.6 Å². The summed E-state index contributed by atoms with van der Waals surface area (Å²) in [5, 5.41) is 10.7. The van der Waals surface area contributed by atoms with Crippen LogP contribution in [-0.4, -0.2) is 26.0 Å². The minimum atomic E-state index is -0.00956. The molecule has 0 spiro atoms. The number of benzene rings is 2. The molecule has 35 heavy (non-hydrogen) atoms. The molecule has 0 saturated carbocycles. The highest BCUT2D eigenvalue weighted by molar-refractivity contribution is 7.98. The van der Waals surface area contributed by atoms with E-state index >= 15 is 0 Å². The van der Waals surface area contributed by atoms with Crippen LogP contribution in [0.1, 0.15) is 41.7 Å². The van der Waals surface area contributed by atoms with E-state index in [2.05, 4.69) is 21.5 Å². The Kier molecular flexibility index (Phi) is 4.89. The van der Waals surface area contributed by atoms with Gasteiger partial charge in [0, 0.05) is 10.6 Å². The fraction of sp³-hybridized carbons (Fsp3) is 0.269. The minimum Gasteiger partial charge on any atom is -0.454 e. The van der Waals surface area contributed by atoms with E-state index in [1.807, 2.05) is 48.5 Å². The lowest BCUT2D eigenvalue weighted by atomic mass is 9.88. The quantitative estimate of drug-likeness (QED) is 0.300. The summed E-state index contributed by atoms with van der Waals surface area (Å²) < 4.78 is 14.8. The number of rotatable bonds is 4. The van der Waals surface area contributed by atoms with Crippen LogP contribution in [0.4, 0.5) is 0 Å². The number of hydrogen-bond acceptors (Lipinski definition) is 7. The molecule has 0 saturated heterocycles. The molecule has 2 aliphatic rings. The first-order valence-electron chi connectivity index (χ1n) is 11.7. The van der Waals surface area contributed by atoms with E-state index in [1.54, 1.807) is 27.7 Å².